The summed E-state index contributed by atoms with van der Waals surface area (Å²) in [5.74, 6) is -4.18. The van der Waals surface area contributed by atoms with Crippen LogP contribution in [0, 0.1) is 0 Å². The molecule has 14 heteroatoms. The molecule has 44 heavy (non-hydrogen) atoms. The van der Waals surface area contributed by atoms with Gasteiger partial charge in [-0.2, -0.15) is 11.8 Å². The SMILES string of the molecule is CSCCC(N)C(=O)NC(CCC(=O)O)C(=O)NC(Cc1ccc(O)cc1)C(=O)NC(Cc1c[nH]c2ccccc12)C(=O)O. The van der Waals surface area contributed by atoms with Crippen molar-refractivity contribution in [2.75, 3.05) is 12.0 Å². The molecule has 0 saturated carbocycles. The smallest absolute Gasteiger partial charge is 0.326 e. The standard InChI is InChI=1S/C30H37N5O8S/c1-44-13-12-21(31)27(39)33-23(10-11-26(37)38)28(40)34-24(14-17-6-8-19(36)9-7-17)29(41)35-25(30(42)43)15-18-16-32-22-5-3-2-4-20(18)22/h2-9,16,21,23-25,32,36H,10-15,31H2,1H3,(H,33,39)(H,34,40)(H,35,41)(H,37,38)(H,42,43). The van der Waals surface area contributed by atoms with Crippen molar-refractivity contribution in [1.29, 1.82) is 0 Å². The highest BCUT2D eigenvalue weighted by atomic mass is 32.2. The van der Waals surface area contributed by atoms with Gasteiger partial charge in [-0.05, 0) is 54.2 Å². The molecular weight excluding hydrogens is 590 g/mol. The molecule has 9 N–H and O–H groups in total. The highest BCUT2D eigenvalue weighted by molar-refractivity contribution is 7.98. The van der Waals surface area contributed by atoms with Crippen molar-refractivity contribution in [2.24, 2.45) is 5.73 Å². The van der Waals surface area contributed by atoms with E-state index in [1.165, 1.54) is 36.0 Å². The number of carbonyl (C=O) groups excluding carboxylic acids is 3. The van der Waals surface area contributed by atoms with E-state index < -0.39 is 60.2 Å². The normalized spacial score (nSPS) is 13.8. The Morgan fingerprint density at radius 3 is 2.14 bits per heavy atom. The highest BCUT2D eigenvalue weighted by Crippen LogP contribution is 2.19. The first-order valence-electron chi connectivity index (χ1n) is 13.9. The van der Waals surface area contributed by atoms with Gasteiger partial charge in [-0.1, -0.05) is 30.3 Å². The van der Waals surface area contributed by atoms with Crippen LogP contribution >= 0.6 is 11.8 Å². The van der Waals surface area contributed by atoms with Crippen molar-refractivity contribution >= 4 is 52.3 Å². The van der Waals surface area contributed by atoms with Crippen LogP contribution in [0.15, 0.2) is 54.7 Å². The van der Waals surface area contributed by atoms with Crippen molar-refractivity contribution in [2.45, 2.75) is 56.3 Å². The first kappa shape index (κ1) is 33.9. The van der Waals surface area contributed by atoms with E-state index >= 15 is 0 Å². The maximum Gasteiger partial charge on any atom is 0.326 e. The van der Waals surface area contributed by atoms with Gasteiger partial charge in [-0.25, -0.2) is 4.79 Å². The van der Waals surface area contributed by atoms with Crippen LogP contribution in [0.5, 0.6) is 5.75 Å². The summed E-state index contributed by atoms with van der Waals surface area (Å²) in [5, 5.41) is 37.2. The molecule has 1 aromatic heterocycles. The number of phenolic OH excluding ortho intramolecular Hbond substituents is 1. The number of fused-ring (bicyclic) bond motifs is 1. The first-order valence-corrected chi connectivity index (χ1v) is 15.3. The molecule has 2 aromatic carbocycles. The van der Waals surface area contributed by atoms with Gasteiger partial charge in [0.25, 0.3) is 0 Å². The van der Waals surface area contributed by atoms with Gasteiger partial charge in [-0.15, -0.1) is 0 Å². The molecule has 4 unspecified atom stereocenters. The molecule has 13 nitrogen and oxygen atoms in total. The second kappa shape index (κ2) is 16.3. The number of hydrogen-bond acceptors (Lipinski definition) is 8. The monoisotopic (exact) mass is 627 g/mol. The molecule has 4 atom stereocenters. The quantitative estimate of drug-likeness (QED) is 0.107. The minimum atomic E-state index is -1.35. The molecule has 0 fully saturated rings. The maximum absolute atomic E-state index is 13.5. The number of hydrogen-bond donors (Lipinski definition) is 8. The van der Waals surface area contributed by atoms with Crippen LogP contribution in [0.2, 0.25) is 0 Å². The number of carboxylic acids is 2. The van der Waals surface area contributed by atoms with Gasteiger partial charge in [0.05, 0.1) is 6.04 Å². The summed E-state index contributed by atoms with van der Waals surface area (Å²) in [6, 6.07) is 8.27. The number of H-pyrrole nitrogens is 1. The van der Waals surface area contributed by atoms with Crippen molar-refractivity contribution in [3.8, 4) is 5.75 Å². The lowest BCUT2D eigenvalue weighted by Gasteiger charge is -2.25. The number of benzene rings is 2. The van der Waals surface area contributed by atoms with Crippen LogP contribution in [0.4, 0.5) is 0 Å². The van der Waals surface area contributed by atoms with E-state index in [0.717, 1.165) is 10.9 Å². The molecule has 0 saturated heterocycles. The van der Waals surface area contributed by atoms with Gasteiger partial charge in [0.1, 0.15) is 23.9 Å². The molecule has 3 aromatic rings. The average molecular weight is 628 g/mol. The van der Waals surface area contributed by atoms with Crippen molar-refractivity contribution < 1.29 is 39.3 Å². The minimum absolute atomic E-state index is 0.0160. The Morgan fingerprint density at radius 1 is 0.841 bits per heavy atom. The zero-order chi connectivity index (χ0) is 32.2. The van der Waals surface area contributed by atoms with Gasteiger partial charge >= 0.3 is 11.9 Å². The number of thioether (sulfide) groups is 1. The molecule has 0 aliphatic heterocycles. The number of nitrogens with two attached hydrogens (primary N) is 1. The van der Waals surface area contributed by atoms with Crippen LogP contribution < -0.4 is 21.7 Å². The zero-order valence-electron chi connectivity index (χ0n) is 24.1. The molecule has 0 aliphatic carbocycles. The van der Waals surface area contributed by atoms with Crippen LogP contribution in [0.25, 0.3) is 10.9 Å². The molecule has 0 radical (unpaired) electrons. The van der Waals surface area contributed by atoms with E-state index in [9.17, 15) is 39.3 Å². The van der Waals surface area contributed by atoms with Crippen LogP contribution in [0.3, 0.4) is 0 Å². The van der Waals surface area contributed by atoms with Crippen molar-refractivity contribution in [1.82, 2.24) is 20.9 Å². The Hall–Kier alpha value is -4.56. The number of carbonyl (C=O) groups is 5. The topological polar surface area (TPSA) is 224 Å². The van der Waals surface area contributed by atoms with E-state index in [4.69, 9.17) is 5.73 Å². The second-order valence-electron chi connectivity index (χ2n) is 10.3. The number of phenols is 1. The third kappa shape index (κ3) is 10.0. The van der Waals surface area contributed by atoms with E-state index in [0.29, 0.717) is 23.3 Å². The average Bonchev–Trinajstić information content (AvgIpc) is 3.40. The number of para-hydroxylation sites is 1. The molecule has 0 bridgehead atoms. The first-order chi connectivity index (χ1) is 21.0. The summed E-state index contributed by atoms with van der Waals surface area (Å²) in [4.78, 5) is 66.2. The van der Waals surface area contributed by atoms with Gasteiger partial charge < -0.3 is 42.0 Å². The Balaban J connectivity index is 1.82. The Bertz CT molecular complexity index is 1460. The zero-order valence-corrected chi connectivity index (χ0v) is 24.9. The third-order valence-corrected chi connectivity index (χ3v) is 7.62. The number of rotatable bonds is 17. The van der Waals surface area contributed by atoms with Crippen molar-refractivity contribution in [3.05, 3.63) is 65.9 Å². The van der Waals surface area contributed by atoms with E-state index in [-0.39, 0.29) is 25.0 Å². The summed E-state index contributed by atoms with van der Waals surface area (Å²) < 4.78 is 0. The molecular formula is C30H37N5O8S. The number of nitrogens with one attached hydrogen (secondary N) is 4. The Kier molecular flexibility index (Phi) is 12.6. The minimum Gasteiger partial charge on any atom is -0.508 e. The van der Waals surface area contributed by atoms with Crippen LogP contribution in [-0.2, 0) is 36.8 Å². The predicted molar refractivity (Wildman–Crippen MR) is 165 cm³/mol. The summed E-state index contributed by atoms with van der Waals surface area (Å²) in [5.41, 5.74) is 7.94. The predicted octanol–water partition coefficient (Wildman–Crippen LogP) is 1.14. The number of aromatic amines is 1. The molecule has 0 aliphatic rings. The Labute approximate surface area is 258 Å². The lowest BCUT2D eigenvalue weighted by Crippen LogP contribution is -2.58. The lowest BCUT2D eigenvalue weighted by molar-refractivity contribution is -0.142. The highest BCUT2D eigenvalue weighted by Gasteiger charge is 2.31. The fraction of sp³-hybridized carbons (Fsp3) is 0.367. The largest absolute Gasteiger partial charge is 0.508 e. The number of aromatic nitrogens is 1. The number of aromatic hydroxyl groups is 1. The summed E-state index contributed by atoms with van der Waals surface area (Å²) in [6.07, 6.45) is 3.00. The van der Waals surface area contributed by atoms with E-state index in [1.54, 1.807) is 6.20 Å². The fourth-order valence-electron chi connectivity index (χ4n) is 4.53. The molecule has 0 spiro atoms. The maximum atomic E-state index is 13.5. The number of carboxylic acid groups (broad SMARTS) is 2. The van der Waals surface area contributed by atoms with Gasteiger partial charge in [-0.3, -0.25) is 19.2 Å². The van der Waals surface area contributed by atoms with E-state index in [1.807, 2.05) is 30.5 Å². The number of amides is 3. The molecule has 3 amide bonds. The van der Waals surface area contributed by atoms with Crippen LogP contribution in [0.1, 0.15) is 30.4 Å². The van der Waals surface area contributed by atoms with Crippen molar-refractivity contribution in [3.63, 3.8) is 0 Å². The molecule has 1 heterocycles. The summed E-state index contributed by atoms with van der Waals surface area (Å²) in [7, 11) is 0. The summed E-state index contributed by atoms with van der Waals surface area (Å²) >= 11 is 1.49. The van der Waals surface area contributed by atoms with Gasteiger partial charge in [0, 0.05) is 36.4 Å². The lowest BCUT2D eigenvalue weighted by atomic mass is 10.0. The number of aliphatic carboxylic acids is 2. The van der Waals surface area contributed by atoms with Gasteiger partial charge in [0.2, 0.25) is 17.7 Å². The Morgan fingerprint density at radius 2 is 1.48 bits per heavy atom. The molecule has 3 rings (SSSR count). The van der Waals surface area contributed by atoms with Crippen LogP contribution in [-0.4, -0.2) is 86.1 Å². The molecule has 236 valence electrons. The van der Waals surface area contributed by atoms with Gasteiger partial charge in [0.15, 0.2) is 0 Å². The van der Waals surface area contributed by atoms with E-state index in [2.05, 4.69) is 20.9 Å². The fourth-order valence-corrected chi connectivity index (χ4v) is 5.02. The summed E-state index contributed by atoms with van der Waals surface area (Å²) in [6.45, 7) is 0. The second-order valence-corrected chi connectivity index (χ2v) is 11.3. The third-order valence-electron chi connectivity index (χ3n) is 6.97.